The number of aromatic nitrogens is 1. The number of carbonyl (C=O) groups is 2. The first-order valence-corrected chi connectivity index (χ1v) is 8.75. The molecule has 1 aliphatic heterocycles. The van der Waals surface area contributed by atoms with Crippen LogP contribution in [0.1, 0.15) is 29.7 Å². The fourth-order valence-electron chi connectivity index (χ4n) is 3.17. The van der Waals surface area contributed by atoms with Crippen molar-refractivity contribution in [3.8, 4) is 0 Å². The number of nitrogens with one attached hydrogen (secondary N) is 1. The van der Waals surface area contributed by atoms with Gasteiger partial charge in [0, 0.05) is 20.1 Å². The van der Waals surface area contributed by atoms with Crippen molar-refractivity contribution in [1.82, 2.24) is 15.0 Å². The summed E-state index contributed by atoms with van der Waals surface area (Å²) in [5, 5.41) is 6.52. The van der Waals surface area contributed by atoms with E-state index in [0.29, 0.717) is 30.9 Å². The van der Waals surface area contributed by atoms with E-state index < -0.39 is 6.04 Å². The van der Waals surface area contributed by atoms with Gasteiger partial charge >= 0.3 is 6.03 Å². The van der Waals surface area contributed by atoms with Crippen molar-refractivity contribution in [3.05, 3.63) is 47.3 Å². The summed E-state index contributed by atoms with van der Waals surface area (Å²) in [6.07, 6.45) is 2.88. The molecule has 0 radical (unpaired) electrons. The molecule has 1 N–H and O–H groups in total. The largest absolute Gasteiger partial charge is 0.362 e. The predicted molar refractivity (Wildman–Crippen MR) is 97.6 cm³/mol. The first-order chi connectivity index (χ1) is 12.5. The summed E-state index contributed by atoms with van der Waals surface area (Å²) < 4.78 is 4.84. The Morgan fingerprint density at radius 3 is 2.69 bits per heavy atom. The quantitative estimate of drug-likeness (QED) is 0.913. The van der Waals surface area contributed by atoms with Crippen LogP contribution in [0.25, 0.3) is 0 Å². The van der Waals surface area contributed by atoms with E-state index in [4.69, 9.17) is 4.52 Å². The van der Waals surface area contributed by atoms with Crippen molar-refractivity contribution in [3.63, 3.8) is 0 Å². The monoisotopic (exact) mass is 356 g/mol. The number of carbonyl (C=O) groups excluding carboxylic acids is 2. The molecule has 1 atom stereocenters. The Bertz CT molecular complexity index is 784. The van der Waals surface area contributed by atoms with Crippen LogP contribution in [-0.2, 0) is 11.3 Å². The van der Waals surface area contributed by atoms with Gasteiger partial charge in [-0.3, -0.25) is 4.79 Å². The van der Waals surface area contributed by atoms with Crippen LogP contribution in [0.5, 0.6) is 0 Å². The Hall–Kier alpha value is -2.83. The number of anilines is 1. The fourth-order valence-corrected chi connectivity index (χ4v) is 3.17. The van der Waals surface area contributed by atoms with Crippen molar-refractivity contribution >= 4 is 17.6 Å². The number of likely N-dealkylation sites (tertiary alicyclic amines) is 1. The van der Waals surface area contributed by atoms with E-state index in [-0.39, 0.29) is 11.9 Å². The predicted octanol–water partition coefficient (Wildman–Crippen LogP) is 2.95. The summed E-state index contributed by atoms with van der Waals surface area (Å²) in [7, 11) is 1.78. The fraction of sp³-hybridized carbons (Fsp3) is 0.421. The summed E-state index contributed by atoms with van der Waals surface area (Å²) in [5.74, 6) is -0.0414. The van der Waals surface area contributed by atoms with Crippen LogP contribution < -0.4 is 5.32 Å². The van der Waals surface area contributed by atoms with Gasteiger partial charge in [0.2, 0.25) is 5.91 Å². The summed E-state index contributed by atoms with van der Waals surface area (Å²) >= 11 is 0. The number of hydrogen-bond acceptors (Lipinski definition) is 4. The molecule has 0 saturated carbocycles. The van der Waals surface area contributed by atoms with Crippen LogP contribution in [-0.4, -0.2) is 46.5 Å². The van der Waals surface area contributed by atoms with E-state index >= 15 is 0 Å². The van der Waals surface area contributed by atoms with Crippen molar-refractivity contribution in [1.29, 1.82) is 0 Å². The molecule has 1 saturated heterocycles. The molecule has 3 rings (SSSR count). The van der Waals surface area contributed by atoms with Gasteiger partial charge in [-0.25, -0.2) is 4.79 Å². The molecule has 1 fully saturated rings. The zero-order chi connectivity index (χ0) is 18.7. The summed E-state index contributed by atoms with van der Waals surface area (Å²) in [5.41, 5.74) is 3.39. The normalized spacial score (nSPS) is 16.6. The van der Waals surface area contributed by atoms with E-state index in [0.717, 1.165) is 12.0 Å². The Labute approximate surface area is 152 Å². The van der Waals surface area contributed by atoms with Crippen LogP contribution >= 0.6 is 0 Å². The molecular formula is C19H24N4O3. The molecule has 7 nitrogen and oxygen atoms in total. The van der Waals surface area contributed by atoms with Crippen LogP contribution in [0.15, 0.2) is 35.1 Å². The average Bonchev–Trinajstić information content (AvgIpc) is 3.26. The number of urea groups is 1. The lowest BCUT2D eigenvalue weighted by molar-refractivity contribution is -0.134. The molecule has 7 heteroatoms. The van der Waals surface area contributed by atoms with Crippen molar-refractivity contribution in [2.45, 2.75) is 39.3 Å². The lowest BCUT2D eigenvalue weighted by Gasteiger charge is -2.28. The standard InChI is InChI=1S/C19H24N4O3/c1-13-6-8-15(9-7-13)11-22(3)18(24)17-5-4-10-23(17)19(25)20-16-12-26-21-14(16)2/h6-9,12,17H,4-5,10-11H2,1-3H3,(H,20,25)/t17-/m1/s1. The maximum absolute atomic E-state index is 12.9. The third-order valence-corrected chi connectivity index (χ3v) is 4.71. The molecule has 2 aromatic rings. The van der Waals surface area contributed by atoms with E-state index in [2.05, 4.69) is 10.5 Å². The summed E-state index contributed by atoms with van der Waals surface area (Å²) in [4.78, 5) is 28.7. The Balaban J connectivity index is 1.64. The van der Waals surface area contributed by atoms with Gasteiger partial charge in [0.1, 0.15) is 23.7 Å². The molecule has 1 aromatic heterocycles. The minimum atomic E-state index is -0.439. The summed E-state index contributed by atoms with van der Waals surface area (Å²) in [6.45, 7) is 4.87. The van der Waals surface area contributed by atoms with Crippen LogP contribution in [0, 0.1) is 13.8 Å². The number of nitrogens with zero attached hydrogens (tertiary/aromatic N) is 3. The summed E-state index contributed by atoms with van der Waals surface area (Å²) in [6, 6.07) is 7.37. The molecule has 3 amide bonds. The van der Waals surface area contributed by atoms with Crippen molar-refractivity contribution in [2.75, 3.05) is 18.9 Å². The lowest BCUT2D eigenvalue weighted by atomic mass is 10.1. The van der Waals surface area contributed by atoms with Gasteiger partial charge in [-0.05, 0) is 32.3 Å². The maximum Gasteiger partial charge on any atom is 0.322 e. The van der Waals surface area contributed by atoms with Gasteiger partial charge in [-0.15, -0.1) is 0 Å². The molecule has 0 spiro atoms. The molecular weight excluding hydrogens is 332 g/mol. The number of benzene rings is 1. The van der Waals surface area contributed by atoms with E-state index in [9.17, 15) is 9.59 Å². The van der Waals surface area contributed by atoms with Gasteiger partial charge in [0.15, 0.2) is 0 Å². The second-order valence-electron chi connectivity index (χ2n) is 6.78. The number of hydrogen-bond donors (Lipinski definition) is 1. The first kappa shape index (κ1) is 18.0. The second kappa shape index (κ2) is 7.59. The molecule has 0 aliphatic carbocycles. The number of aryl methyl sites for hydroxylation is 2. The van der Waals surface area contributed by atoms with Crippen LogP contribution in [0.4, 0.5) is 10.5 Å². The smallest absolute Gasteiger partial charge is 0.322 e. The zero-order valence-corrected chi connectivity index (χ0v) is 15.4. The van der Waals surface area contributed by atoms with Gasteiger partial charge in [0.25, 0.3) is 0 Å². The number of likely N-dealkylation sites (N-methyl/N-ethyl adjacent to an activating group) is 1. The van der Waals surface area contributed by atoms with E-state index in [1.165, 1.54) is 11.8 Å². The first-order valence-electron chi connectivity index (χ1n) is 8.75. The molecule has 138 valence electrons. The molecule has 0 unspecified atom stereocenters. The second-order valence-corrected chi connectivity index (χ2v) is 6.78. The van der Waals surface area contributed by atoms with Gasteiger partial charge < -0.3 is 19.6 Å². The minimum absolute atomic E-state index is 0.0414. The average molecular weight is 356 g/mol. The highest BCUT2D eigenvalue weighted by atomic mass is 16.5. The van der Waals surface area contributed by atoms with E-state index in [1.807, 2.05) is 31.2 Å². The highest BCUT2D eigenvalue weighted by molar-refractivity contribution is 5.94. The van der Waals surface area contributed by atoms with Crippen molar-refractivity contribution in [2.24, 2.45) is 0 Å². The highest BCUT2D eigenvalue weighted by Crippen LogP contribution is 2.22. The number of amides is 3. The molecule has 1 aromatic carbocycles. The van der Waals surface area contributed by atoms with Gasteiger partial charge in [0.05, 0.1) is 0 Å². The van der Waals surface area contributed by atoms with Crippen LogP contribution in [0.2, 0.25) is 0 Å². The maximum atomic E-state index is 12.9. The molecule has 1 aliphatic rings. The Morgan fingerprint density at radius 1 is 1.31 bits per heavy atom. The highest BCUT2D eigenvalue weighted by Gasteiger charge is 2.36. The molecule has 2 heterocycles. The Kier molecular flexibility index (Phi) is 5.25. The number of rotatable bonds is 4. The molecule has 26 heavy (non-hydrogen) atoms. The van der Waals surface area contributed by atoms with Crippen LogP contribution in [0.3, 0.4) is 0 Å². The third-order valence-electron chi connectivity index (χ3n) is 4.71. The topological polar surface area (TPSA) is 78.7 Å². The minimum Gasteiger partial charge on any atom is -0.362 e. The van der Waals surface area contributed by atoms with Gasteiger partial charge in [-0.1, -0.05) is 35.0 Å². The lowest BCUT2D eigenvalue weighted by Crippen LogP contribution is -2.47. The zero-order valence-electron chi connectivity index (χ0n) is 15.4. The third kappa shape index (κ3) is 3.87. The van der Waals surface area contributed by atoms with E-state index in [1.54, 1.807) is 23.8 Å². The molecule has 0 bridgehead atoms. The Morgan fingerprint density at radius 2 is 2.04 bits per heavy atom. The van der Waals surface area contributed by atoms with Gasteiger partial charge in [-0.2, -0.15) is 0 Å². The van der Waals surface area contributed by atoms with Crippen molar-refractivity contribution < 1.29 is 14.1 Å². The SMILES string of the molecule is Cc1ccc(CN(C)C(=O)[C@H]2CCCN2C(=O)Nc2conc2C)cc1.